The molecule has 0 bridgehead atoms. The molecule has 3 heteroatoms. The molecule has 0 aromatic rings. The van der Waals surface area contributed by atoms with Crippen LogP contribution in [-0.2, 0) is 9.47 Å². The van der Waals surface area contributed by atoms with Gasteiger partial charge in [0.2, 0.25) is 0 Å². The molecule has 0 aromatic heterocycles. The summed E-state index contributed by atoms with van der Waals surface area (Å²) in [4.78, 5) is 0. The lowest BCUT2D eigenvalue weighted by Crippen LogP contribution is -2.63. The number of fused-ring (bicyclic) bond motifs is 5. The zero-order valence-electron chi connectivity index (χ0n) is 20.3. The highest BCUT2D eigenvalue weighted by Gasteiger charge is 2.69. The Bertz CT molecular complexity index is 545. The third kappa shape index (κ3) is 3.72. The molecule has 0 saturated heterocycles. The molecule has 0 aromatic carbocycles. The van der Waals surface area contributed by atoms with E-state index in [-0.39, 0.29) is 11.5 Å². The number of aliphatic hydroxyl groups is 1. The average molecular weight is 409 g/mol. The van der Waals surface area contributed by atoms with Crippen molar-refractivity contribution in [3.05, 3.63) is 0 Å². The van der Waals surface area contributed by atoms with Crippen molar-refractivity contribution in [2.75, 3.05) is 13.7 Å². The molecule has 29 heavy (non-hydrogen) atoms. The molecule has 0 aliphatic heterocycles. The van der Waals surface area contributed by atoms with E-state index in [0.717, 1.165) is 37.0 Å². The summed E-state index contributed by atoms with van der Waals surface area (Å²) in [5, 5.41) is 11.4. The Morgan fingerprint density at radius 2 is 1.66 bits per heavy atom. The molecular weight excluding hydrogens is 360 g/mol. The maximum Gasteiger partial charge on any atom is 0.175 e. The second-order valence-corrected chi connectivity index (χ2v) is 11.6. The highest BCUT2D eigenvalue weighted by molar-refractivity contribution is 5.15. The smallest absolute Gasteiger partial charge is 0.175 e. The third-order valence-corrected chi connectivity index (χ3v) is 9.43. The summed E-state index contributed by atoms with van der Waals surface area (Å²) in [7, 11) is 1.78. The molecule has 0 radical (unpaired) electrons. The summed E-state index contributed by atoms with van der Waals surface area (Å²) in [5.41, 5.74) is 0.185. The van der Waals surface area contributed by atoms with Crippen molar-refractivity contribution < 1.29 is 14.6 Å². The van der Waals surface area contributed by atoms with Gasteiger partial charge in [-0.2, -0.15) is 0 Å². The van der Waals surface area contributed by atoms with E-state index in [1.54, 1.807) is 7.11 Å². The zero-order valence-corrected chi connectivity index (χ0v) is 20.3. The topological polar surface area (TPSA) is 38.7 Å². The fourth-order valence-electron chi connectivity index (χ4n) is 8.09. The Morgan fingerprint density at radius 1 is 0.966 bits per heavy atom. The maximum atomic E-state index is 11.4. The monoisotopic (exact) mass is 408 g/mol. The summed E-state index contributed by atoms with van der Waals surface area (Å²) in [5.74, 6) is 3.09. The molecular formula is C26H48O3. The Morgan fingerprint density at radius 3 is 2.28 bits per heavy atom. The van der Waals surface area contributed by atoms with Crippen molar-refractivity contribution in [3.8, 4) is 0 Å². The molecule has 1 N–H and O–H groups in total. The first-order valence-electron chi connectivity index (χ1n) is 12.5. The number of ether oxygens (including phenoxy) is 2. The van der Waals surface area contributed by atoms with Gasteiger partial charge in [0, 0.05) is 20.1 Å². The second kappa shape index (κ2) is 8.79. The largest absolute Gasteiger partial charge is 0.392 e. The van der Waals surface area contributed by atoms with Gasteiger partial charge in [0.05, 0.1) is 11.5 Å². The first-order chi connectivity index (χ1) is 13.7. The Kier molecular flexibility index (Phi) is 7.13. The summed E-state index contributed by atoms with van der Waals surface area (Å²) in [6, 6.07) is 0. The molecule has 170 valence electrons. The molecule has 0 spiro atoms. The highest BCUT2D eigenvalue weighted by Crippen LogP contribution is 2.68. The van der Waals surface area contributed by atoms with Crippen LogP contribution in [-0.4, -0.2) is 30.7 Å². The molecule has 8 unspecified atom stereocenters. The van der Waals surface area contributed by atoms with Gasteiger partial charge in [-0.1, -0.05) is 47.5 Å². The average Bonchev–Trinajstić information content (AvgIpc) is 2.96. The van der Waals surface area contributed by atoms with Crippen molar-refractivity contribution in [1.29, 1.82) is 0 Å². The van der Waals surface area contributed by atoms with E-state index < -0.39 is 5.79 Å². The minimum absolute atomic E-state index is 0.267. The van der Waals surface area contributed by atoms with Gasteiger partial charge in [0.15, 0.2) is 5.79 Å². The summed E-state index contributed by atoms with van der Waals surface area (Å²) in [6.07, 6.45) is 11.0. The molecule has 4 rings (SSSR count). The van der Waals surface area contributed by atoms with E-state index in [4.69, 9.17) is 9.47 Å². The van der Waals surface area contributed by atoms with Gasteiger partial charge in [-0.05, 0) is 80.5 Å². The predicted molar refractivity (Wildman–Crippen MR) is 120 cm³/mol. The van der Waals surface area contributed by atoms with Crippen LogP contribution in [0.25, 0.3) is 0 Å². The Balaban J connectivity index is 0.000000552. The number of hydrogen-bond donors (Lipinski definition) is 1. The van der Waals surface area contributed by atoms with Crippen LogP contribution in [0.3, 0.4) is 0 Å². The van der Waals surface area contributed by atoms with Crippen LogP contribution in [0.15, 0.2) is 0 Å². The predicted octanol–water partition coefficient (Wildman–Crippen LogP) is 6.43. The lowest BCUT2D eigenvalue weighted by molar-refractivity contribution is -0.314. The summed E-state index contributed by atoms with van der Waals surface area (Å²) in [6.45, 7) is 14.0. The van der Waals surface area contributed by atoms with Crippen molar-refractivity contribution in [2.24, 2.45) is 40.4 Å². The first-order valence-corrected chi connectivity index (χ1v) is 12.5. The zero-order chi connectivity index (χ0) is 21.4. The van der Waals surface area contributed by atoms with Crippen molar-refractivity contribution in [3.63, 3.8) is 0 Å². The molecule has 0 heterocycles. The normalized spacial score (nSPS) is 48.9. The van der Waals surface area contributed by atoms with Crippen LogP contribution >= 0.6 is 0 Å². The van der Waals surface area contributed by atoms with Crippen LogP contribution in [0.2, 0.25) is 0 Å². The van der Waals surface area contributed by atoms with E-state index >= 15 is 0 Å². The molecule has 4 saturated carbocycles. The standard InChI is InChI=1S/C22H38O3.C4H10/c1-5-25-22(24-4)13-11-17-16-10-9-15-8-6-7-12-20(15,2)18(16)14-19(23)21(17,22)3;1-4(2)3/h15-19,23H,5-14H2,1-4H3;4H,1-3H3. The molecule has 4 aliphatic carbocycles. The van der Waals surface area contributed by atoms with E-state index in [1.807, 2.05) is 6.92 Å². The molecule has 4 aliphatic rings. The van der Waals surface area contributed by atoms with Crippen molar-refractivity contribution >= 4 is 0 Å². The van der Waals surface area contributed by atoms with E-state index in [9.17, 15) is 5.11 Å². The fourth-order valence-corrected chi connectivity index (χ4v) is 8.09. The van der Waals surface area contributed by atoms with Gasteiger partial charge >= 0.3 is 0 Å². The third-order valence-electron chi connectivity index (χ3n) is 9.43. The highest BCUT2D eigenvalue weighted by atomic mass is 16.7. The van der Waals surface area contributed by atoms with Crippen molar-refractivity contribution in [1.82, 2.24) is 0 Å². The molecule has 4 fully saturated rings. The Labute approximate surface area is 180 Å². The quantitative estimate of drug-likeness (QED) is 0.547. The molecule has 8 atom stereocenters. The van der Waals surface area contributed by atoms with E-state index in [2.05, 4.69) is 34.6 Å². The molecule has 0 amide bonds. The lowest BCUT2D eigenvalue weighted by Gasteiger charge is -2.62. The summed E-state index contributed by atoms with van der Waals surface area (Å²) >= 11 is 0. The maximum absolute atomic E-state index is 11.4. The fraction of sp³-hybridized carbons (Fsp3) is 1.00. The van der Waals surface area contributed by atoms with Crippen LogP contribution in [0, 0.1) is 40.4 Å². The first kappa shape index (κ1) is 23.5. The minimum atomic E-state index is -0.596. The van der Waals surface area contributed by atoms with Crippen LogP contribution in [0.1, 0.15) is 99.3 Å². The number of rotatable bonds is 3. The van der Waals surface area contributed by atoms with Gasteiger partial charge in [-0.3, -0.25) is 0 Å². The number of aliphatic hydroxyl groups excluding tert-OH is 1. The Hall–Kier alpha value is -0.120. The van der Waals surface area contributed by atoms with Gasteiger partial charge in [-0.25, -0.2) is 0 Å². The van der Waals surface area contributed by atoms with Gasteiger partial charge < -0.3 is 14.6 Å². The van der Waals surface area contributed by atoms with E-state index in [1.165, 1.54) is 38.5 Å². The van der Waals surface area contributed by atoms with Gasteiger partial charge in [0.1, 0.15) is 0 Å². The SMILES string of the molecule is CC(C)C.CCOC1(OC)CCC2C3CCC4CCCCC4(C)C3CC(O)C21C. The molecule has 3 nitrogen and oxygen atoms in total. The second-order valence-electron chi connectivity index (χ2n) is 11.6. The minimum Gasteiger partial charge on any atom is -0.392 e. The van der Waals surface area contributed by atoms with Crippen molar-refractivity contribution in [2.45, 2.75) is 111 Å². The van der Waals surface area contributed by atoms with Gasteiger partial charge in [-0.15, -0.1) is 0 Å². The van der Waals surface area contributed by atoms with Crippen LogP contribution < -0.4 is 0 Å². The lowest BCUT2D eigenvalue weighted by atomic mass is 9.44. The van der Waals surface area contributed by atoms with Crippen LogP contribution in [0.5, 0.6) is 0 Å². The number of hydrogen-bond acceptors (Lipinski definition) is 3. The van der Waals surface area contributed by atoms with Gasteiger partial charge in [0.25, 0.3) is 0 Å². The summed E-state index contributed by atoms with van der Waals surface area (Å²) < 4.78 is 12.2. The van der Waals surface area contributed by atoms with E-state index in [0.29, 0.717) is 23.9 Å². The van der Waals surface area contributed by atoms with Crippen LogP contribution in [0.4, 0.5) is 0 Å². The number of methoxy groups -OCH3 is 1.